The van der Waals surface area contributed by atoms with Gasteiger partial charge in [-0.1, -0.05) is 6.07 Å². The molecular weight excluding hydrogens is 222 g/mol. The minimum absolute atomic E-state index is 0.849. The first kappa shape index (κ1) is 12.1. The normalized spacial score (nSPS) is 11.9. The van der Waals surface area contributed by atoms with Gasteiger partial charge in [0.2, 0.25) is 0 Å². The molecule has 0 spiro atoms. The standard InChI is InChI=1S/C10H8F2O4/c1-5(13)16-9(10(14)15)8-6(11)3-2-4-7(8)12/h2-4,9H,1H3,(H,14,15)/p-1/t9-/m0/s1. The molecule has 0 aliphatic heterocycles. The zero-order valence-electron chi connectivity index (χ0n) is 8.20. The van der Waals surface area contributed by atoms with E-state index >= 15 is 0 Å². The van der Waals surface area contributed by atoms with Crippen LogP contribution in [0.25, 0.3) is 0 Å². The highest BCUT2D eigenvalue weighted by molar-refractivity contribution is 5.77. The summed E-state index contributed by atoms with van der Waals surface area (Å²) in [4.78, 5) is 21.2. The number of carbonyl (C=O) groups is 2. The van der Waals surface area contributed by atoms with Crippen molar-refractivity contribution in [1.29, 1.82) is 0 Å². The number of aliphatic carboxylic acids is 1. The molecule has 4 nitrogen and oxygen atoms in total. The lowest BCUT2D eigenvalue weighted by Gasteiger charge is -2.19. The van der Waals surface area contributed by atoms with Crippen LogP contribution in [0.15, 0.2) is 18.2 Å². The highest BCUT2D eigenvalue weighted by atomic mass is 19.1. The molecule has 0 amide bonds. The molecule has 0 aliphatic carbocycles. The molecule has 0 saturated carbocycles. The Morgan fingerprint density at radius 2 is 1.81 bits per heavy atom. The summed E-state index contributed by atoms with van der Waals surface area (Å²) in [5, 5.41) is 10.6. The number of hydrogen-bond donors (Lipinski definition) is 0. The zero-order chi connectivity index (χ0) is 12.3. The predicted octanol–water partition coefficient (Wildman–Crippen LogP) is 0.319. The number of carboxylic acid groups (broad SMARTS) is 1. The number of benzene rings is 1. The summed E-state index contributed by atoms with van der Waals surface area (Å²) in [6.07, 6.45) is -2.08. The second-order valence-corrected chi connectivity index (χ2v) is 2.94. The fourth-order valence-corrected chi connectivity index (χ4v) is 1.15. The smallest absolute Gasteiger partial charge is 0.303 e. The van der Waals surface area contributed by atoms with Crippen molar-refractivity contribution in [3.05, 3.63) is 35.4 Å². The molecule has 0 N–H and O–H groups in total. The molecule has 0 radical (unpaired) electrons. The van der Waals surface area contributed by atoms with Crippen molar-refractivity contribution in [2.45, 2.75) is 13.0 Å². The Bertz CT molecular complexity index is 411. The number of ether oxygens (including phenoxy) is 1. The maximum absolute atomic E-state index is 13.2. The topological polar surface area (TPSA) is 66.4 Å². The second kappa shape index (κ2) is 4.69. The summed E-state index contributed by atoms with van der Waals surface area (Å²) in [6.45, 7) is 0.925. The third-order valence-corrected chi connectivity index (χ3v) is 1.76. The van der Waals surface area contributed by atoms with Crippen molar-refractivity contribution in [2.75, 3.05) is 0 Å². The Morgan fingerprint density at radius 1 is 1.31 bits per heavy atom. The summed E-state index contributed by atoms with van der Waals surface area (Å²) in [5.41, 5.74) is -0.849. The van der Waals surface area contributed by atoms with Crippen LogP contribution in [-0.2, 0) is 14.3 Å². The number of rotatable bonds is 3. The lowest BCUT2D eigenvalue weighted by atomic mass is 10.1. The largest absolute Gasteiger partial charge is 0.546 e. The van der Waals surface area contributed by atoms with Crippen LogP contribution in [0.5, 0.6) is 0 Å². The lowest BCUT2D eigenvalue weighted by molar-refractivity contribution is -0.316. The van der Waals surface area contributed by atoms with Gasteiger partial charge in [0.15, 0.2) is 6.10 Å². The van der Waals surface area contributed by atoms with Gasteiger partial charge in [0, 0.05) is 6.92 Å². The van der Waals surface area contributed by atoms with E-state index in [0.29, 0.717) is 0 Å². The number of esters is 1. The molecule has 1 aromatic carbocycles. The number of halogens is 2. The second-order valence-electron chi connectivity index (χ2n) is 2.94. The summed E-state index contributed by atoms with van der Waals surface area (Å²) < 4.78 is 30.7. The van der Waals surface area contributed by atoms with Gasteiger partial charge in [0.05, 0.1) is 11.5 Å². The van der Waals surface area contributed by atoms with E-state index in [0.717, 1.165) is 25.1 Å². The van der Waals surface area contributed by atoms with Crippen molar-refractivity contribution in [2.24, 2.45) is 0 Å². The first-order valence-electron chi connectivity index (χ1n) is 4.25. The molecule has 0 fully saturated rings. The highest BCUT2D eigenvalue weighted by Crippen LogP contribution is 2.23. The van der Waals surface area contributed by atoms with E-state index < -0.39 is 35.2 Å². The van der Waals surface area contributed by atoms with Gasteiger partial charge in [0.1, 0.15) is 11.6 Å². The van der Waals surface area contributed by atoms with Gasteiger partial charge in [-0.15, -0.1) is 0 Å². The van der Waals surface area contributed by atoms with Crippen LogP contribution < -0.4 is 5.11 Å². The van der Waals surface area contributed by atoms with Crippen molar-refractivity contribution >= 4 is 11.9 Å². The zero-order valence-corrected chi connectivity index (χ0v) is 8.20. The number of carbonyl (C=O) groups excluding carboxylic acids is 2. The third-order valence-electron chi connectivity index (χ3n) is 1.76. The molecule has 0 heterocycles. The van der Waals surface area contributed by atoms with Crippen molar-refractivity contribution in [1.82, 2.24) is 0 Å². The molecule has 0 aliphatic rings. The van der Waals surface area contributed by atoms with Crippen LogP contribution >= 0.6 is 0 Å². The number of carboxylic acids is 1. The monoisotopic (exact) mass is 229 g/mol. The fourth-order valence-electron chi connectivity index (χ4n) is 1.15. The quantitative estimate of drug-likeness (QED) is 0.700. The molecular formula is C10H7F2O4-. The molecule has 6 heteroatoms. The van der Waals surface area contributed by atoms with E-state index in [2.05, 4.69) is 4.74 Å². The van der Waals surface area contributed by atoms with Gasteiger partial charge in [-0.25, -0.2) is 8.78 Å². The van der Waals surface area contributed by atoms with E-state index in [9.17, 15) is 23.5 Å². The Kier molecular flexibility index (Phi) is 3.55. The minimum atomic E-state index is -2.08. The average molecular weight is 229 g/mol. The summed E-state index contributed by atoms with van der Waals surface area (Å²) in [5.74, 6) is -5.10. The molecule has 0 saturated heterocycles. The Hall–Kier alpha value is -1.98. The van der Waals surface area contributed by atoms with Crippen molar-refractivity contribution < 1.29 is 28.2 Å². The summed E-state index contributed by atoms with van der Waals surface area (Å²) in [6, 6.07) is 2.78. The van der Waals surface area contributed by atoms with Gasteiger partial charge >= 0.3 is 5.97 Å². The van der Waals surface area contributed by atoms with E-state index in [1.54, 1.807) is 0 Å². The van der Waals surface area contributed by atoms with Crippen LogP contribution in [0.1, 0.15) is 18.6 Å². The van der Waals surface area contributed by atoms with Crippen LogP contribution in [0, 0.1) is 11.6 Å². The van der Waals surface area contributed by atoms with Gasteiger partial charge in [-0.2, -0.15) is 0 Å². The molecule has 1 rings (SSSR count). The third kappa shape index (κ3) is 2.53. The van der Waals surface area contributed by atoms with Crippen LogP contribution in [0.3, 0.4) is 0 Å². The van der Waals surface area contributed by atoms with Gasteiger partial charge in [0.25, 0.3) is 0 Å². The van der Waals surface area contributed by atoms with Crippen molar-refractivity contribution in [3.8, 4) is 0 Å². The van der Waals surface area contributed by atoms with Crippen LogP contribution in [-0.4, -0.2) is 11.9 Å². The predicted molar refractivity (Wildman–Crippen MR) is 45.9 cm³/mol. The summed E-state index contributed by atoms with van der Waals surface area (Å²) in [7, 11) is 0. The van der Waals surface area contributed by atoms with Gasteiger partial charge < -0.3 is 14.6 Å². The molecule has 1 aromatic rings. The maximum atomic E-state index is 13.2. The highest BCUT2D eigenvalue weighted by Gasteiger charge is 2.23. The van der Waals surface area contributed by atoms with Gasteiger partial charge in [-0.3, -0.25) is 4.79 Å². The van der Waals surface area contributed by atoms with Crippen LogP contribution in [0.2, 0.25) is 0 Å². The molecule has 0 bridgehead atoms. The maximum Gasteiger partial charge on any atom is 0.303 e. The Morgan fingerprint density at radius 3 is 2.19 bits per heavy atom. The molecule has 0 aromatic heterocycles. The van der Waals surface area contributed by atoms with Gasteiger partial charge in [-0.05, 0) is 12.1 Å². The lowest BCUT2D eigenvalue weighted by Crippen LogP contribution is -2.33. The Labute approximate surface area is 89.5 Å². The fraction of sp³-hybridized carbons (Fsp3) is 0.200. The van der Waals surface area contributed by atoms with Crippen LogP contribution in [0.4, 0.5) is 8.78 Å². The summed E-state index contributed by atoms with van der Waals surface area (Å²) >= 11 is 0. The van der Waals surface area contributed by atoms with E-state index in [4.69, 9.17) is 0 Å². The number of hydrogen-bond acceptors (Lipinski definition) is 4. The molecule has 0 unspecified atom stereocenters. The van der Waals surface area contributed by atoms with E-state index in [1.807, 2.05) is 0 Å². The van der Waals surface area contributed by atoms with E-state index in [-0.39, 0.29) is 0 Å². The molecule has 86 valence electrons. The molecule has 16 heavy (non-hydrogen) atoms. The average Bonchev–Trinajstić information content (AvgIpc) is 2.15. The first-order valence-corrected chi connectivity index (χ1v) is 4.25. The molecule has 1 atom stereocenters. The SMILES string of the molecule is CC(=O)O[C@H](C(=O)[O-])c1c(F)cccc1F. The Balaban J connectivity index is 3.20. The minimum Gasteiger partial charge on any atom is -0.546 e. The van der Waals surface area contributed by atoms with Crippen molar-refractivity contribution in [3.63, 3.8) is 0 Å². The van der Waals surface area contributed by atoms with E-state index in [1.165, 1.54) is 0 Å². The first-order chi connectivity index (χ1) is 7.43.